The maximum absolute atomic E-state index is 12.8. The van der Waals surface area contributed by atoms with Gasteiger partial charge in [-0.25, -0.2) is 19.7 Å². The Labute approximate surface area is 261 Å². The Balaban J connectivity index is 1.15. The van der Waals surface area contributed by atoms with E-state index in [-0.39, 0.29) is 12.0 Å². The van der Waals surface area contributed by atoms with E-state index in [1.807, 2.05) is 57.7 Å². The molecule has 0 atom stereocenters. The number of piperazine rings is 1. The molecular weight excluding hydrogens is 588 g/mol. The number of carbonyl (C=O) groups is 2. The Hall–Kier alpha value is -3.48. The monoisotopic (exact) mass is 626 g/mol. The Morgan fingerprint density at radius 2 is 1.77 bits per heavy atom. The second-order valence-corrected chi connectivity index (χ2v) is 13.4. The van der Waals surface area contributed by atoms with Crippen LogP contribution in [0.5, 0.6) is 0 Å². The van der Waals surface area contributed by atoms with Crippen molar-refractivity contribution < 1.29 is 14.3 Å². The molecule has 2 fully saturated rings. The summed E-state index contributed by atoms with van der Waals surface area (Å²) in [5.41, 5.74) is 1.01. The highest BCUT2D eigenvalue weighted by Gasteiger charge is 2.31. The molecule has 1 aromatic carbocycles. The summed E-state index contributed by atoms with van der Waals surface area (Å²) in [5.74, 6) is 1.87. The van der Waals surface area contributed by atoms with Gasteiger partial charge in [-0.15, -0.1) is 0 Å². The van der Waals surface area contributed by atoms with Crippen LogP contribution in [0, 0.1) is 13.8 Å². The van der Waals surface area contributed by atoms with Crippen LogP contribution in [0.1, 0.15) is 54.7 Å². The first kappa shape index (κ1) is 31.0. The Bertz CT molecular complexity index is 1440. The van der Waals surface area contributed by atoms with Gasteiger partial charge in [0.25, 0.3) is 5.91 Å². The van der Waals surface area contributed by atoms with Gasteiger partial charge in [0, 0.05) is 51.4 Å². The van der Waals surface area contributed by atoms with E-state index in [4.69, 9.17) is 21.3 Å². The number of amides is 2. The number of piperidine rings is 1. The van der Waals surface area contributed by atoms with Gasteiger partial charge in [-0.2, -0.15) is 0 Å². The zero-order chi connectivity index (χ0) is 30.7. The van der Waals surface area contributed by atoms with Crippen molar-refractivity contribution in [3.05, 3.63) is 51.7 Å². The van der Waals surface area contributed by atoms with Crippen LogP contribution in [-0.4, -0.2) is 87.7 Å². The lowest BCUT2D eigenvalue weighted by molar-refractivity contribution is 0.0139. The third-order valence-electron chi connectivity index (χ3n) is 7.52. The maximum Gasteiger partial charge on any atom is 0.410 e. The molecule has 2 aromatic heterocycles. The van der Waals surface area contributed by atoms with E-state index >= 15 is 0 Å². The quantitative estimate of drug-likeness (QED) is 0.354. The van der Waals surface area contributed by atoms with Gasteiger partial charge in [0.05, 0.1) is 16.9 Å². The predicted octanol–water partition coefficient (Wildman–Crippen LogP) is 5.72. The third kappa shape index (κ3) is 7.92. The number of para-hydroxylation sites is 1. The third-order valence-corrected chi connectivity index (χ3v) is 8.75. The molecule has 13 heteroatoms. The average Bonchev–Trinajstić information content (AvgIpc) is 3.42. The van der Waals surface area contributed by atoms with Crippen LogP contribution >= 0.6 is 22.9 Å². The number of benzene rings is 1. The topological polar surface area (TPSA) is 116 Å². The highest BCUT2D eigenvalue weighted by Crippen LogP contribution is 2.29. The molecule has 0 saturated carbocycles. The SMILES string of the molecule is Cc1nc(Nc2ncc(C(=O)Nc3c(C)cccc3Cl)s2)cc(N2CCN(C3CCN(C(=O)OC(C)(C)C)CC3)CC2)n1. The van der Waals surface area contributed by atoms with Crippen molar-refractivity contribution in [2.45, 2.75) is 59.1 Å². The first-order valence-electron chi connectivity index (χ1n) is 14.6. The fourth-order valence-electron chi connectivity index (χ4n) is 5.35. The lowest BCUT2D eigenvalue weighted by atomic mass is 10.0. The molecule has 2 N–H and O–H groups in total. The van der Waals surface area contributed by atoms with Gasteiger partial charge >= 0.3 is 6.09 Å². The second-order valence-electron chi connectivity index (χ2n) is 11.9. The minimum Gasteiger partial charge on any atom is -0.444 e. The van der Waals surface area contributed by atoms with Crippen molar-refractivity contribution >= 4 is 57.4 Å². The van der Waals surface area contributed by atoms with Crippen molar-refractivity contribution in [1.82, 2.24) is 24.8 Å². The number of nitrogens with zero attached hydrogens (tertiary/aromatic N) is 6. The number of halogens is 1. The summed E-state index contributed by atoms with van der Waals surface area (Å²) >= 11 is 7.51. The molecule has 230 valence electrons. The summed E-state index contributed by atoms with van der Waals surface area (Å²) in [6, 6.07) is 7.88. The first-order valence-corrected chi connectivity index (χ1v) is 15.8. The number of thiazole rings is 1. The zero-order valence-electron chi connectivity index (χ0n) is 25.3. The average molecular weight is 627 g/mol. The van der Waals surface area contributed by atoms with E-state index in [2.05, 4.69) is 30.4 Å². The van der Waals surface area contributed by atoms with Crippen molar-refractivity contribution in [3.8, 4) is 0 Å². The summed E-state index contributed by atoms with van der Waals surface area (Å²) in [6.07, 6.45) is 3.22. The van der Waals surface area contributed by atoms with Crippen molar-refractivity contribution in [2.24, 2.45) is 0 Å². The number of rotatable bonds is 6. The number of aromatic nitrogens is 3. The van der Waals surface area contributed by atoms with Crippen molar-refractivity contribution in [1.29, 1.82) is 0 Å². The van der Waals surface area contributed by atoms with Crippen LogP contribution in [0.2, 0.25) is 5.02 Å². The summed E-state index contributed by atoms with van der Waals surface area (Å²) in [7, 11) is 0. The molecule has 2 saturated heterocycles. The number of ether oxygens (including phenoxy) is 1. The Morgan fingerprint density at radius 1 is 1.05 bits per heavy atom. The molecule has 4 heterocycles. The van der Waals surface area contributed by atoms with Crippen molar-refractivity contribution in [3.63, 3.8) is 0 Å². The van der Waals surface area contributed by atoms with Gasteiger partial charge in [-0.3, -0.25) is 9.69 Å². The fourth-order valence-corrected chi connectivity index (χ4v) is 6.33. The predicted molar refractivity (Wildman–Crippen MR) is 171 cm³/mol. The molecule has 2 amide bonds. The molecule has 43 heavy (non-hydrogen) atoms. The van der Waals surface area contributed by atoms with Crippen LogP contribution in [-0.2, 0) is 4.74 Å². The largest absolute Gasteiger partial charge is 0.444 e. The number of likely N-dealkylation sites (tertiary alicyclic amines) is 1. The smallest absolute Gasteiger partial charge is 0.410 e. The summed E-state index contributed by atoms with van der Waals surface area (Å²) in [5, 5.41) is 7.19. The molecular formula is C30H39ClN8O3S. The minimum absolute atomic E-state index is 0.219. The molecule has 0 unspecified atom stereocenters. The van der Waals surface area contributed by atoms with Crippen molar-refractivity contribution in [2.75, 3.05) is 54.8 Å². The Kier molecular flexibility index (Phi) is 9.38. The van der Waals surface area contributed by atoms with E-state index < -0.39 is 5.60 Å². The molecule has 0 aliphatic carbocycles. The molecule has 11 nitrogen and oxygen atoms in total. The van der Waals surface area contributed by atoms with E-state index in [1.54, 1.807) is 12.3 Å². The molecule has 2 aliphatic heterocycles. The van der Waals surface area contributed by atoms with Gasteiger partial charge in [-0.05, 0) is 59.1 Å². The second kappa shape index (κ2) is 13.0. The number of hydrogen-bond acceptors (Lipinski definition) is 10. The molecule has 5 rings (SSSR count). The highest BCUT2D eigenvalue weighted by molar-refractivity contribution is 7.17. The number of anilines is 4. The summed E-state index contributed by atoms with van der Waals surface area (Å²) < 4.78 is 5.54. The van der Waals surface area contributed by atoms with E-state index in [9.17, 15) is 9.59 Å². The molecule has 0 spiro atoms. The Morgan fingerprint density at radius 3 is 2.44 bits per heavy atom. The van der Waals surface area contributed by atoms with Crippen LogP contribution < -0.4 is 15.5 Å². The number of aryl methyl sites for hydroxylation is 2. The highest BCUT2D eigenvalue weighted by atomic mass is 35.5. The van der Waals surface area contributed by atoms with Gasteiger partial charge < -0.3 is 25.2 Å². The number of hydrogen-bond donors (Lipinski definition) is 2. The van der Waals surface area contributed by atoms with Crippen LogP contribution in [0.25, 0.3) is 0 Å². The first-order chi connectivity index (χ1) is 20.4. The lowest BCUT2D eigenvalue weighted by Crippen LogP contribution is -2.54. The van der Waals surface area contributed by atoms with Crippen LogP contribution in [0.4, 0.5) is 27.2 Å². The lowest BCUT2D eigenvalue weighted by Gasteiger charge is -2.43. The molecule has 3 aromatic rings. The van der Waals surface area contributed by atoms with E-state index in [0.717, 1.165) is 63.5 Å². The fraction of sp³-hybridized carbons (Fsp3) is 0.500. The van der Waals surface area contributed by atoms with E-state index in [0.29, 0.717) is 38.4 Å². The van der Waals surface area contributed by atoms with Crippen LogP contribution in [0.15, 0.2) is 30.5 Å². The number of nitrogens with one attached hydrogen (secondary N) is 2. The normalized spacial score (nSPS) is 16.7. The summed E-state index contributed by atoms with van der Waals surface area (Å²) in [6.45, 7) is 14.5. The molecule has 2 aliphatic rings. The number of carbonyl (C=O) groups excluding carboxylic acids is 2. The standard InChI is InChI=1S/C30H39ClN8O3S/c1-19-7-6-8-22(31)26(19)36-27(40)23-18-32-28(43-23)35-24-17-25(34-20(2)33-24)38-15-13-37(14-16-38)21-9-11-39(12-10-21)29(41)42-30(3,4)5/h6-8,17-18,21H,9-16H2,1-5H3,(H,36,40)(H,32,33,34,35). The minimum atomic E-state index is -0.476. The van der Waals surface area contributed by atoms with Gasteiger partial charge in [-0.1, -0.05) is 35.1 Å². The van der Waals surface area contributed by atoms with Gasteiger partial charge in [0.1, 0.15) is 27.9 Å². The van der Waals surface area contributed by atoms with Gasteiger partial charge in [0.2, 0.25) is 0 Å². The van der Waals surface area contributed by atoms with E-state index in [1.165, 1.54) is 11.3 Å². The van der Waals surface area contributed by atoms with Gasteiger partial charge in [0.15, 0.2) is 5.13 Å². The summed E-state index contributed by atoms with van der Waals surface area (Å²) in [4.78, 5) is 46.0. The zero-order valence-corrected chi connectivity index (χ0v) is 26.9. The molecule has 0 bridgehead atoms. The molecule has 0 radical (unpaired) electrons. The maximum atomic E-state index is 12.8. The van der Waals surface area contributed by atoms with Crippen LogP contribution in [0.3, 0.4) is 0 Å².